The lowest BCUT2D eigenvalue weighted by molar-refractivity contribution is 0.461. The van der Waals surface area contributed by atoms with Crippen LogP contribution in [0, 0.1) is 0 Å². The third-order valence-corrected chi connectivity index (χ3v) is 4.17. The molecule has 112 valence electrons. The molecule has 0 saturated heterocycles. The molecule has 0 bridgehead atoms. The molecule has 0 radical (unpaired) electrons. The highest BCUT2D eigenvalue weighted by Gasteiger charge is 2.22. The van der Waals surface area contributed by atoms with Gasteiger partial charge in [0.25, 0.3) is 0 Å². The summed E-state index contributed by atoms with van der Waals surface area (Å²) in [6.45, 7) is 0. The van der Waals surface area contributed by atoms with Crippen molar-refractivity contribution in [2.24, 2.45) is 0 Å². The Morgan fingerprint density at radius 2 is 2.05 bits per heavy atom. The van der Waals surface area contributed by atoms with Crippen LogP contribution < -0.4 is 10.0 Å². The molecule has 1 aromatic carbocycles. The predicted octanol–water partition coefficient (Wildman–Crippen LogP) is 3.14. The minimum Gasteiger partial charge on any atom is -0.469 e. The molecule has 21 heavy (non-hydrogen) atoms. The van der Waals surface area contributed by atoms with Gasteiger partial charge in [-0.1, -0.05) is 6.07 Å². The van der Waals surface area contributed by atoms with Gasteiger partial charge in [-0.15, -0.1) is 0 Å². The number of rotatable bonds is 4. The van der Waals surface area contributed by atoms with Gasteiger partial charge in [-0.25, -0.2) is 8.42 Å². The van der Waals surface area contributed by atoms with Crippen molar-refractivity contribution in [2.45, 2.75) is 25.3 Å². The van der Waals surface area contributed by atoms with E-state index in [4.69, 9.17) is 4.42 Å². The zero-order valence-corrected chi connectivity index (χ0v) is 12.6. The Morgan fingerprint density at radius 3 is 2.86 bits per heavy atom. The largest absolute Gasteiger partial charge is 0.469 e. The van der Waals surface area contributed by atoms with Crippen molar-refractivity contribution >= 4 is 21.4 Å². The van der Waals surface area contributed by atoms with E-state index in [0.29, 0.717) is 5.69 Å². The molecular formula is C15H18N2O3S. The molecule has 1 aromatic heterocycles. The summed E-state index contributed by atoms with van der Waals surface area (Å²) in [6, 6.07) is 9.51. The van der Waals surface area contributed by atoms with E-state index in [0.717, 1.165) is 37.0 Å². The number of hydrogen-bond donors (Lipinski definition) is 2. The molecule has 1 atom stereocenters. The summed E-state index contributed by atoms with van der Waals surface area (Å²) in [7, 11) is -3.26. The SMILES string of the molecule is CS(=O)(=O)Nc1cccc(NC2CCCc3occc32)c1. The second kappa shape index (κ2) is 5.44. The molecule has 0 fully saturated rings. The monoisotopic (exact) mass is 306 g/mol. The van der Waals surface area contributed by atoms with Crippen LogP contribution in [0.2, 0.25) is 0 Å². The molecule has 0 amide bonds. The molecule has 2 aromatic rings. The minimum absolute atomic E-state index is 0.209. The Balaban J connectivity index is 1.79. The normalized spacial score (nSPS) is 18.0. The zero-order valence-electron chi connectivity index (χ0n) is 11.8. The number of anilines is 2. The summed E-state index contributed by atoms with van der Waals surface area (Å²) in [5.74, 6) is 1.05. The van der Waals surface area contributed by atoms with Crippen molar-refractivity contribution in [3.63, 3.8) is 0 Å². The number of sulfonamides is 1. The lowest BCUT2D eigenvalue weighted by Gasteiger charge is -2.24. The van der Waals surface area contributed by atoms with Crippen LogP contribution in [0.1, 0.15) is 30.2 Å². The number of aryl methyl sites for hydroxylation is 1. The first-order valence-corrected chi connectivity index (χ1v) is 8.81. The maximum Gasteiger partial charge on any atom is 0.229 e. The molecule has 3 rings (SSSR count). The van der Waals surface area contributed by atoms with Gasteiger partial charge in [0.2, 0.25) is 10.0 Å². The average molecular weight is 306 g/mol. The maximum atomic E-state index is 11.3. The average Bonchev–Trinajstić information content (AvgIpc) is 2.86. The zero-order chi connectivity index (χ0) is 14.9. The highest BCUT2D eigenvalue weighted by molar-refractivity contribution is 7.92. The smallest absolute Gasteiger partial charge is 0.229 e. The molecule has 0 saturated carbocycles. The molecule has 1 unspecified atom stereocenters. The Hall–Kier alpha value is -1.95. The highest BCUT2D eigenvalue weighted by Crippen LogP contribution is 2.33. The number of benzene rings is 1. The van der Waals surface area contributed by atoms with Crippen LogP contribution in [0.5, 0.6) is 0 Å². The third kappa shape index (κ3) is 3.39. The van der Waals surface area contributed by atoms with Gasteiger partial charge in [-0.05, 0) is 37.1 Å². The number of hydrogen-bond acceptors (Lipinski definition) is 4. The first-order chi connectivity index (χ1) is 10.0. The molecule has 6 heteroatoms. The molecule has 1 aliphatic carbocycles. The Kier molecular flexibility index (Phi) is 3.63. The second-order valence-corrected chi connectivity index (χ2v) is 7.09. The van der Waals surface area contributed by atoms with E-state index in [9.17, 15) is 8.42 Å². The lowest BCUT2D eigenvalue weighted by Crippen LogP contribution is -2.16. The van der Waals surface area contributed by atoms with Crippen molar-refractivity contribution in [2.75, 3.05) is 16.3 Å². The second-order valence-electron chi connectivity index (χ2n) is 5.34. The summed E-state index contributed by atoms with van der Waals surface area (Å²) in [6.07, 6.45) is 5.98. The number of fused-ring (bicyclic) bond motifs is 1. The fraction of sp³-hybridized carbons (Fsp3) is 0.333. The van der Waals surface area contributed by atoms with Gasteiger partial charge in [0.1, 0.15) is 5.76 Å². The Morgan fingerprint density at radius 1 is 1.24 bits per heavy atom. The Labute approximate surface area is 124 Å². The van der Waals surface area contributed by atoms with E-state index >= 15 is 0 Å². The fourth-order valence-corrected chi connectivity index (χ4v) is 3.28. The molecule has 5 nitrogen and oxygen atoms in total. The lowest BCUT2D eigenvalue weighted by atomic mass is 9.93. The van der Waals surface area contributed by atoms with Crippen LogP contribution in [-0.2, 0) is 16.4 Å². The van der Waals surface area contributed by atoms with Gasteiger partial charge in [-0.2, -0.15) is 0 Å². The summed E-state index contributed by atoms with van der Waals surface area (Å²) < 4.78 is 30.5. The first kappa shape index (κ1) is 14.0. The van der Waals surface area contributed by atoms with Gasteiger partial charge in [0.15, 0.2) is 0 Å². The molecule has 0 aliphatic heterocycles. The standard InChI is InChI=1S/C15H18N2O3S/c1-21(18,19)17-12-5-2-4-11(10-12)16-14-6-3-7-15-13(14)8-9-20-15/h2,4-5,8-10,14,16-17H,3,6-7H2,1H3. The van der Waals surface area contributed by atoms with Crippen LogP contribution in [0.15, 0.2) is 41.0 Å². The minimum atomic E-state index is -3.26. The van der Waals surface area contributed by atoms with Gasteiger partial charge in [0, 0.05) is 17.7 Å². The topological polar surface area (TPSA) is 71.3 Å². The van der Waals surface area contributed by atoms with E-state index in [2.05, 4.69) is 10.0 Å². The third-order valence-electron chi connectivity index (χ3n) is 3.56. The molecule has 2 N–H and O–H groups in total. The maximum absolute atomic E-state index is 11.3. The van der Waals surface area contributed by atoms with Gasteiger partial charge < -0.3 is 9.73 Å². The van der Waals surface area contributed by atoms with Crippen molar-refractivity contribution in [1.29, 1.82) is 0 Å². The highest BCUT2D eigenvalue weighted by atomic mass is 32.2. The van der Waals surface area contributed by atoms with Crippen LogP contribution in [-0.4, -0.2) is 14.7 Å². The van der Waals surface area contributed by atoms with E-state index in [-0.39, 0.29) is 6.04 Å². The molecule has 1 aliphatic rings. The fourth-order valence-electron chi connectivity index (χ4n) is 2.72. The van der Waals surface area contributed by atoms with Crippen LogP contribution in [0.25, 0.3) is 0 Å². The van der Waals surface area contributed by atoms with Crippen molar-refractivity contribution in [3.8, 4) is 0 Å². The number of nitrogens with one attached hydrogen (secondary N) is 2. The van der Waals surface area contributed by atoms with Crippen molar-refractivity contribution < 1.29 is 12.8 Å². The summed E-state index contributed by atoms with van der Waals surface area (Å²) in [5.41, 5.74) is 2.65. The predicted molar refractivity (Wildman–Crippen MR) is 82.9 cm³/mol. The van der Waals surface area contributed by atoms with E-state index < -0.39 is 10.0 Å². The van der Waals surface area contributed by atoms with Crippen molar-refractivity contribution in [1.82, 2.24) is 0 Å². The van der Waals surface area contributed by atoms with E-state index in [1.54, 1.807) is 18.4 Å². The van der Waals surface area contributed by atoms with Gasteiger partial charge in [-0.3, -0.25) is 4.72 Å². The molecular weight excluding hydrogens is 288 g/mol. The van der Waals surface area contributed by atoms with Crippen LogP contribution in [0.4, 0.5) is 11.4 Å². The Bertz CT molecular complexity index is 737. The summed E-state index contributed by atoms with van der Waals surface area (Å²) in [5, 5.41) is 3.45. The van der Waals surface area contributed by atoms with Gasteiger partial charge >= 0.3 is 0 Å². The molecule has 0 spiro atoms. The molecule has 1 heterocycles. The van der Waals surface area contributed by atoms with Crippen LogP contribution in [0.3, 0.4) is 0 Å². The quantitative estimate of drug-likeness (QED) is 0.910. The summed E-state index contributed by atoms with van der Waals surface area (Å²) >= 11 is 0. The van der Waals surface area contributed by atoms with Crippen molar-refractivity contribution in [3.05, 3.63) is 47.9 Å². The van der Waals surface area contributed by atoms with Crippen LogP contribution >= 0.6 is 0 Å². The van der Waals surface area contributed by atoms with E-state index in [1.165, 1.54) is 5.56 Å². The first-order valence-electron chi connectivity index (χ1n) is 6.92. The van der Waals surface area contributed by atoms with Gasteiger partial charge in [0.05, 0.1) is 24.2 Å². The number of furan rings is 1. The van der Waals surface area contributed by atoms with E-state index in [1.807, 2.05) is 18.2 Å². The summed E-state index contributed by atoms with van der Waals surface area (Å²) in [4.78, 5) is 0.